The van der Waals surface area contributed by atoms with Crippen LogP contribution in [0.25, 0.3) is 0 Å². The fraction of sp³-hybridized carbons (Fsp3) is 0.100. The molecule has 0 bridgehead atoms. The van der Waals surface area contributed by atoms with Crippen molar-refractivity contribution < 1.29 is 4.74 Å². The number of thiazole rings is 1. The highest BCUT2D eigenvalue weighted by atomic mass is 79.9. The molecule has 0 saturated carbocycles. The smallest absolute Gasteiger partial charge is 0.157 e. The molecule has 0 unspecified atom stereocenters. The minimum absolute atomic E-state index is 0.405. The summed E-state index contributed by atoms with van der Waals surface area (Å²) in [7, 11) is 0. The van der Waals surface area contributed by atoms with E-state index in [2.05, 4.69) is 20.9 Å². The van der Waals surface area contributed by atoms with Crippen LogP contribution in [-0.2, 0) is 6.61 Å². The number of ether oxygens (including phenoxy) is 1. The Hall–Kier alpha value is -0.780. The van der Waals surface area contributed by atoms with E-state index in [-0.39, 0.29) is 0 Å². The summed E-state index contributed by atoms with van der Waals surface area (Å²) in [6.07, 6.45) is 1.74. The van der Waals surface area contributed by atoms with Crippen molar-refractivity contribution in [2.75, 3.05) is 5.73 Å². The maximum Gasteiger partial charge on any atom is 0.157 e. The maximum absolute atomic E-state index is 5.85. The fourth-order valence-corrected chi connectivity index (χ4v) is 2.67. The van der Waals surface area contributed by atoms with E-state index >= 15 is 0 Å². The summed E-state index contributed by atoms with van der Waals surface area (Å²) in [5.41, 5.74) is 6.32. The molecule has 0 radical (unpaired) electrons. The highest BCUT2D eigenvalue weighted by Gasteiger charge is 2.08. The number of nitrogen functional groups attached to an aromatic ring is 1. The van der Waals surface area contributed by atoms with E-state index in [1.54, 1.807) is 18.3 Å². The zero-order chi connectivity index (χ0) is 11.5. The Morgan fingerprint density at radius 1 is 1.50 bits per heavy atom. The van der Waals surface area contributed by atoms with Crippen molar-refractivity contribution in [3.63, 3.8) is 0 Å². The Morgan fingerprint density at radius 3 is 2.94 bits per heavy atom. The summed E-state index contributed by atoms with van der Waals surface area (Å²) in [4.78, 5) is 4.12. The molecule has 2 N–H and O–H groups in total. The largest absolute Gasteiger partial charge is 0.483 e. The molecule has 2 aromatic rings. The summed E-state index contributed by atoms with van der Waals surface area (Å²) < 4.78 is 6.33. The van der Waals surface area contributed by atoms with Crippen molar-refractivity contribution in [1.29, 1.82) is 0 Å². The first-order valence-corrected chi connectivity index (χ1v) is 6.47. The van der Waals surface area contributed by atoms with E-state index in [4.69, 9.17) is 22.1 Å². The number of benzene rings is 1. The lowest BCUT2D eigenvalue weighted by Crippen LogP contribution is -1.99. The third-order valence-corrected chi connectivity index (χ3v) is 3.42. The van der Waals surface area contributed by atoms with Crippen molar-refractivity contribution in [3.05, 3.63) is 38.2 Å². The van der Waals surface area contributed by atoms with Gasteiger partial charge in [-0.2, -0.15) is 0 Å². The molecule has 0 aliphatic rings. The molecule has 0 atom stereocenters. The molecule has 3 nitrogen and oxygen atoms in total. The molecule has 1 heterocycles. The number of halogens is 2. The van der Waals surface area contributed by atoms with Gasteiger partial charge in [0.2, 0.25) is 0 Å². The van der Waals surface area contributed by atoms with Gasteiger partial charge >= 0.3 is 0 Å². The van der Waals surface area contributed by atoms with Gasteiger partial charge in [-0.3, -0.25) is 0 Å². The van der Waals surface area contributed by atoms with Crippen LogP contribution in [0.3, 0.4) is 0 Å². The Bertz CT molecular complexity index is 467. The van der Waals surface area contributed by atoms with Gasteiger partial charge in [0, 0.05) is 16.6 Å². The minimum atomic E-state index is 0.405. The molecule has 1 aromatic carbocycles. The predicted octanol–water partition coefficient (Wildman–Crippen LogP) is 3.72. The van der Waals surface area contributed by atoms with Gasteiger partial charge in [-0.15, -0.1) is 11.3 Å². The van der Waals surface area contributed by atoms with Crippen molar-refractivity contribution in [1.82, 2.24) is 4.98 Å². The van der Waals surface area contributed by atoms with Crippen LogP contribution in [0.2, 0.25) is 5.02 Å². The Morgan fingerprint density at radius 2 is 2.31 bits per heavy atom. The van der Waals surface area contributed by atoms with E-state index < -0.39 is 0 Å². The zero-order valence-corrected chi connectivity index (χ0v) is 11.3. The van der Waals surface area contributed by atoms with E-state index in [1.165, 1.54) is 11.3 Å². The second kappa shape index (κ2) is 5.03. The third kappa shape index (κ3) is 2.66. The summed E-state index contributed by atoms with van der Waals surface area (Å²) >= 11 is 10.7. The quantitative estimate of drug-likeness (QED) is 0.877. The van der Waals surface area contributed by atoms with Gasteiger partial charge in [0.25, 0.3) is 0 Å². The van der Waals surface area contributed by atoms with Crippen LogP contribution in [0.15, 0.2) is 28.2 Å². The lowest BCUT2D eigenvalue weighted by atomic mass is 10.3. The Kier molecular flexibility index (Phi) is 3.68. The Balaban J connectivity index is 2.15. The number of aromatic nitrogens is 1. The fourth-order valence-electron chi connectivity index (χ4n) is 1.19. The van der Waals surface area contributed by atoms with Crippen molar-refractivity contribution in [3.8, 4) is 5.75 Å². The van der Waals surface area contributed by atoms with Crippen molar-refractivity contribution in [2.45, 2.75) is 6.61 Å². The number of hydrogen-bond acceptors (Lipinski definition) is 4. The monoisotopic (exact) mass is 318 g/mol. The van der Waals surface area contributed by atoms with E-state index in [0.29, 0.717) is 23.1 Å². The average molecular weight is 320 g/mol. The van der Waals surface area contributed by atoms with Gasteiger partial charge < -0.3 is 10.5 Å². The second-order valence-electron chi connectivity index (χ2n) is 3.02. The van der Waals surface area contributed by atoms with Gasteiger partial charge in [-0.1, -0.05) is 11.6 Å². The van der Waals surface area contributed by atoms with Crippen molar-refractivity contribution >= 4 is 44.6 Å². The molecule has 2 rings (SSSR count). The van der Waals surface area contributed by atoms with Crippen LogP contribution in [0.1, 0.15) is 5.01 Å². The van der Waals surface area contributed by atoms with Crippen LogP contribution in [0, 0.1) is 0 Å². The average Bonchev–Trinajstić information content (AvgIpc) is 2.68. The minimum Gasteiger partial charge on any atom is -0.483 e. The summed E-state index contributed by atoms with van der Waals surface area (Å²) in [5, 5.41) is 3.38. The van der Waals surface area contributed by atoms with Crippen molar-refractivity contribution in [2.24, 2.45) is 0 Å². The van der Waals surface area contributed by atoms with Gasteiger partial charge in [0.05, 0.1) is 10.2 Å². The highest BCUT2D eigenvalue weighted by molar-refractivity contribution is 9.10. The van der Waals surface area contributed by atoms with Crippen LogP contribution < -0.4 is 10.5 Å². The summed E-state index contributed by atoms with van der Waals surface area (Å²) in [6, 6.07) is 3.40. The van der Waals surface area contributed by atoms with E-state index in [0.717, 1.165) is 9.48 Å². The third-order valence-electron chi connectivity index (χ3n) is 1.86. The van der Waals surface area contributed by atoms with Gasteiger partial charge in [-0.25, -0.2) is 4.98 Å². The highest BCUT2D eigenvalue weighted by Crippen LogP contribution is 2.35. The molecule has 16 heavy (non-hydrogen) atoms. The van der Waals surface area contributed by atoms with E-state index in [1.807, 2.05) is 5.38 Å². The molecule has 84 valence electrons. The number of rotatable bonds is 3. The van der Waals surface area contributed by atoms with Gasteiger partial charge in [0.1, 0.15) is 11.6 Å². The Labute approximate surface area is 110 Å². The van der Waals surface area contributed by atoms with Gasteiger partial charge in [0.15, 0.2) is 5.75 Å². The first-order chi connectivity index (χ1) is 7.66. The molecule has 0 spiro atoms. The lowest BCUT2D eigenvalue weighted by Gasteiger charge is -2.09. The topological polar surface area (TPSA) is 48.1 Å². The molecule has 0 amide bonds. The molecule has 0 aliphatic carbocycles. The SMILES string of the molecule is Nc1cc(Cl)cc(Br)c1OCc1nccs1. The zero-order valence-electron chi connectivity index (χ0n) is 8.11. The predicted molar refractivity (Wildman–Crippen MR) is 70.0 cm³/mol. The van der Waals surface area contributed by atoms with Crippen LogP contribution in [0.4, 0.5) is 5.69 Å². The number of hydrogen-bond donors (Lipinski definition) is 1. The first kappa shape index (κ1) is 11.7. The van der Waals surface area contributed by atoms with Crippen LogP contribution in [-0.4, -0.2) is 4.98 Å². The number of anilines is 1. The molecule has 0 fully saturated rings. The normalized spacial score (nSPS) is 10.4. The molecule has 1 aromatic heterocycles. The van der Waals surface area contributed by atoms with Crippen LogP contribution >= 0.6 is 38.9 Å². The summed E-state index contributed by atoms with van der Waals surface area (Å²) in [6.45, 7) is 0.405. The molecule has 6 heteroatoms. The second-order valence-corrected chi connectivity index (χ2v) is 5.29. The lowest BCUT2D eigenvalue weighted by molar-refractivity contribution is 0.305. The molecular formula is C10H8BrClN2OS. The maximum atomic E-state index is 5.85. The first-order valence-electron chi connectivity index (χ1n) is 4.42. The standard InChI is InChI=1S/C10H8BrClN2OS/c11-7-3-6(12)4-8(13)10(7)15-5-9-14-1-2-16-9/h1-4H,5,13H2. The molecule has 0 aliphatic heterocycles. The van der Waals surface area contributed by atoms with Gasteiger partial charge in [-0.05, 0) is 28.1 Å². The molecule has 0 saturated heterocycles. The number of nitrogens with two attached hydrogens (primary N) is 1. The number of nitrogens with zero attached hydrogens (tertiary/aromatic N) is 1. The van der Waals surface area contributed by atoms with Crippen LogP contribution in [0.5, 0.6) is 5.75 Å². The summed E-state index contributed by atoms with van der Waals surface area (Å²) in [5.74, 6) is 0.597. The van der Waals surface area contributed by atoms with E-state index in [9.17, 15) is 0 Å². The molecular weight excluding hydrogens is 312 g/mol.